The van der Waals surface area contributed by atoms with E-state index in [1.165, 1.54) is 11.6 Å². The molecule has 0 aliphatic carbocycles. The van der Waals surface area contributed by atoms with Gasteiger partial charge in [0.1, 0.15) is 5.82 Å². The van der Waals surface area contributed by atoms with Crippen LogP contribution in [0.1, 0.15) is 30.0 Å². The SMILES string of the molecule is Cc1ccccc1C1CCCN1C(=O)Nc1ccc(Br)cc1F. The van der Waals surface area contributed by atoms with E-state index in [0.29, 0.717) is 11.0 Å². The lowest BCUT2D eigenvalue weighted by atomic mass is 9.99. The van der Waals surface area contributed by atoms with Crippen molar-refractivity contribution in [2.75, 3.05) is 11.9 Å². The normalized spacial score (nSPS) is 17.3. The van der Waals surface area contributed by atoms with Gasteiger partial charge < -0.3 is 10.2 Å². The van der Waals surface area contributed by atoms with E-state index in [-0.39, 0.29) is 17.8 Å². The second kappa shape index (κ2) is 6.71. The largest absolute Gasteiger partial charge is 0.322 e. The van der Waals surface area contributed by atoms with E-state index in [2.05, 4.69) is 40.3 Å². The third kappa shape index (κ3) is 3.39. The standard InChI is InChI=1S/C18H18BrFN2O/c1-12-5-2-3-6-14(12)17-7-4-10-22(17)18(23)21-16-9-8-13(19)11-15(16)20/h2-3,5-6,8-9,11,17H,4,7,10H2,1H3,(H,21,23). The van der Waals surface area contributed by atoms with Crippen LogP contribution in [0.2, 0.25) is 0 Å². The zero-order valence-corrected chi connectivity index (χ0v) is 14.4. The average Bonchev–Trinajstić information content (AvgIpc) is 3.00. The van der Waals surface area contributed by atoms with E-state index in [0.717, 1.165) is 18.4 Å². The Kier molecular flexibility index (Phi) is 4.66. The maximum atomic E-state index is 13.9. The molecule has 0 aromatic heterocycles. The number of carbonyl (C=O) groups is 1. The first-order valence-electron chi connectivity index (χ1n) is 7.64. The zero-order valence-electron chi connectivity index (χ0n) is 12.9. The molecular formula is C18H18BrFN2O. The number of amides is 2. The fourth-order valence-corrected chi connectivity index (χ4v) is 3.40. The molecule has 0 radical (unpaired) electrons. The Bertz CT molecular complexity index is 735. The van der Waals surface area contributed by atoms with Crippen molar-refractivity contribution >= 4 is 27.6 Å². The molecule has 120 valence electrons. The minimum Gasteiger partial charge on any atom is -0.317 e. The molecule has 1 aliphatic rings. The van der Waals surface area contributed by atoms with Crippen LogP contribution in [-0.2, 0) is 0 Å². The molecule has 2 aromatic rings. The number of nitrogens with one attached hydrogen (secondary N) is 1. The number of rotatable bonds is 2. The fourth-order valence-electron chi connectivity index (χ4n) is 3.07. The molecular weight excluding hydrogens is 359 g/mol. The Labute approximate surface area is 143 Å². The van der Waals surface area contributed by atoms with Crippen LogP contribution < -0.4 is 5.32 Å². The summed E-state index contributed by atoms with van der Waals surface area (Å²) in [6.45, 7) is 2.74. The van der Waals surface area contributed by atoms with Crippen molar-refractivity contribution < 1.29 is 9.18 Å². The molecule has 23 heavy (non-hydrogen) atoms. The van der Waals surface area contributed by atoms with Gasteiger partial charge in [-0.1, -0.05) is 40.2 Å². The number of likely N-dealkylation sites (tertiary alicyclic amines) is 1. The highest BCUT2D eigenvalue weighted by atomic mass is 79.9. The van der Waals surface area contributed by atoms with Crippen molar-refractivity contribution in [2.24, 2.45) is 0 Å². The van der Waals surface area contributed by atoms with Gasteiger partial charge in [-0.2, -0.15) is 0 Å². The van der Waals surface area contributed by atoms with Crippen LogP contribution in [0.5, 0.6) is 0 Å². The third-order valence-corrected chi connectivity index (χ3v) is 4.73. The summed E-state index contributed by atoms with van der Waals surface area (Å²) in [5.41, 5.74) is 2.54. The van der Waals surface area contributed by atoms with E-state index in [9.17, 15) is 9.18 Å². The third-order valence-electron chi connectivity index (χ3n) is 4.23. The van der Waals surface area contributed by atoms with E-state index in [1.54, 1.807) is 17.0 Å². The van der Waals surface area contributed by atoms with Gasteiger partial charge in [0.2, 0.25) is 0 Å². The molecule has 2 amide bonds. The van der Waals surface area contributed by atoms with Crippen molar-refractivity contribution in [3.63, 3.8) is 0 Å². The summed E-state index contributed by atoms with van der Waals surface area (Å²) < 4.78 is 14.6. The Hall–Kier alpha value is -1.88. The number of benzene rings is 2. The number of urea groups is 1. The van der Waals surface area contributed by atoms with Crippen molar-refractivity contribution in [3.8, 4) is 0 Å². The van der Waals surface area contributed by atoms with E-state index >= 15 is 0 Å². The maximum Gasteiger partial charge on any atom is 0.322 e. The van der Waals surface area contributed by atoms with Crippen LogP contribution in [0.3, 0.4) is 0 Å². The molecule has 0 spiro atoms. The molecule has 1 heterocycles. The van der Waals surface area contributed by atoms with Gasteiger partial charge in [-0.05, 0) is 49.1 Å². The molecule has 1 aliphatic heterocycles. The summed E-state index contributed by atoms with van der Waals surface area (Å²) in [7, 11) is 0. The molecule has 0 saturated carbocycles. The molecule has 1 N–H and O–H groups in total. The summed E-state index contributed by atoms with van der Waals surface area (Å²) in [6.07, 6.45) is 1.89. The molecule has 3 nitrogen and oxygen atoms in total. The number of aryl methyl sites for hydroxylation is 1. The number of hydrogen-bond acceptors (Lipinski definition) is 1. The molecule has 3 rings (SSSR count). The highest BCUT2D eigenvalue weighted by Gasteiger charge is 2.31. The Balaban J connectivity index is 1.80. The summed E-state index contributed by atoms with van der Waals surface area (Å²) in [5.74, 6) is -0.445. The lowest BCUT2D eigenvalue weighted by Gasteiger charge is -2.26. The number of hydrogen-bond donors (Lipinski definition) is 1. The Morgan fingerprint density at radius 2 is 2.09 bits per heavy atom. The van der Waals surface area contributed by atoms with Gasteiger partial charge in [0, 0.05) is 11.0 Å². The van der Waals surface area contributed by atoms with Crippen LogP contribution in [0, 0.1) is 12.7 Å². The monoisotopic (exact) mass is 376 g/mol. The minimum absolute atomic E-state index is 0.0507. The van der Waals surface area contributed by atoms with Crippen molar-refractivity contribution in [2.45, 2.75) is 25.8 Å². The zero-order chi connectivity index (χ0) is 16.4. The lowest BCUT2D eigenvalue weighted by molar-refractivity contribution is 0.207. The predicted molar refractivity (Wildman–Crippen MR) is 93.0 cm³/mol. The van der Waals surface area contributed by atoms with Crippen LogP contribution in [0.4, 0.5) is 14.9 Å². The average molecular weight is 377 g/mol. The van der Waals surface area contributed by atoms with Gasteiger partial charge in [0.05, 0.1) is 11.7 Å². The fraction of sp³-hybridized carbons (Fsp3) is 0.278. The summed E-state index contributed by atoms with van der Waals surface area (Å²) in [6, 6.07) is 12.5. The smallest absolute Gasteiger partial charge is 0.317 e. The van der Waals surface area contributed by atoms with Gasteiger partial charge in [-0.15, -0.1) is 0 Å². The summed E-state index contributed by atoms with van der Waals surface area (Å²) in [5, 5.41) is 2.69. The van der Waals surface area contributed by atoms with Crippen molar-refractivity contribution in [1.29, 1.82) is 0 Å². The van der Waals surface area contributed by atoms with Gasteiger partial charge in [-0.3, -0.25) is 0 Å². The van der Waals surface area contributed by atoms with Gasteiger partial charge in [0.15, 0.2) is 0 Å². The topological polar surface area (TPSA) is 32.3 Å². The molecule has 1 unspecified atom stereocenters. The van der Waals surface area contributed by atoms with E-state index < -0.39 is 5.82 Å². The number of nitrogens with zero attached hydrogens (tertiary/aromatic N) is 1. The quantitative estimate of drug-likeness (QED) is 0.760. The highest BCUT2D eigenvalue weighted by molar-refractivity contribution is 9.10. The predicted octanol–water partition coefficient (Wildman–Crippen LogP) is 5.27. The van der Waals surface area contributed by atoms with Crippen molar-refractivity contribution in [1.82, 2.24) is 4.90 Å². The highest BCUT2D eigenvalue weighted by Crippen LogP contribution is 2.34. The first kappa shape index (κ1) is 16.0. The summed E-state index contributed by atoms with van der Waals surface area (Å²) in [4.78, 5) is 14.4. The molecule has 5 heteroatoms. The van der Waals surface area contributed by atoms with Crippen LogP contribution in [0.15, 0.2) is 46.9 Å². The molecule has 1 saturated heterocycles. The molecule has 0 bridgehead atoms. The second-order valence-electron chi connectivity index (χ2n) is 5.76. The lowest BCUT2D eigenvalue weighted by Crippen LogP contribution is -2.34. The Morgan fingerprint density at radius 3 is 2.83 bits per heavy atom. The number of halogens is 2. The first-order chi connectivity index (χ1) is 11.1. The van der Waals surface area contributed by atoms with Crippen molar-refractivity contribution in [3.05, 3.63) is 63.9 Å². The molecule has 2 aromatic carbocycles. The first-order valence-corrected chi connectivity index (χ1v) is 8.44. The number of carbonyl (C=O) groups excluding carboxylic acids is 1. The van der Waals surface area contributed by atoms with Gasteiger partial charge >= 0.3 is 6.03 Å². The minimum atomic E-state index is -0.445. The van der Waals surface area contributed by atoms with E-state index in [1.807, 2.05) is 12.1 Å². The summed E-state index contributed by atoms with van der Waals surface area (Å²) >= 11 is 3.21. The molecule has 1 atom stereocenters. The van der Waals surface area contributed by atoms with Crippen LogP contribution in [0.25, 0.3) is 0 Å². The van der Waals surface area contributed by atoms with Crippen LogP contribution in [-0.4, -0.2) is 17.5 Å². The van der Waals surface area contributed by atoms with Gasteiger partial charge in [-0.25, -0.2) is 9.18 Å². The number of anilines is 1. The van der Waals surface area contributed by atoms with Gasteiger partial charge in [0.25, 0.3) is 0 Å². The van der Waals surface area contributed by atoms with E-state index in [4.69, 9.17) is 0 Å². The Morgan fingerprint density at radius 1 is 1.30 bits per heavy atom. The molecule has 1 fully saturated rings. The second-order valence-corrected chi connectivity index (χ2v) is 6.68. The van der Waals surface area contributed by atoms with Crippen LogP contribution >= 0.6 is 15.9 Å². The maximum absolute atomic E-state index is 13.9.